The first-order valence-electron chi connectivity index (χ1n) is 41.0. The van der Waals surface area contributed by atoms with Crippen molar-refractivity contribution >= 4 is 108 Å². The minimum Gasteiger partial charge on any atom is -0.489 e. The second-order valence-electron chi connectivity index (χ2n) is 34.5. The lowest BCUT2D eigenvalue weighted by molar-refractivity contribution is -0.384. The number of nitrogens with zero attached hydrogens (tertiary/aromatic N) is 9. The molecule has 0 spiro atoms. The van der Waals surface area contributed by atoms with Crippen LogP contribution in [0.5, 0.6) is 11.6 Å². The fourth-order valence-corrected chi connectivity index (χ4v) is 19.7. The molecular formula is C86H109ClN14O13S2. The third kappa shape index (κ3) is 19.3. The molecule has 5 amide bonds. The van der Waals surface area contributed by atoms with Crippen molar-refractivity contribution < 1.29 is 57.0 Å². The van der Waals surface area contributed by atoms with Crippen LogP contribution < -0.4 is 39.9 Å². The highest BCUT2D eigenvalue weighted by atomic mass is 35.5. The first-order valence-corrected chi connectivity index (χ1v) is 43.7. The Morgan fingerprint density at radius 1 is 0.836 bits per heavy atom. The summed E-state index contributed by atoms with van der Waals surface area (Å²) in [6.07, 6.45) is 10.3. The lowest BCUT2D eigenvalue weighted by atomic mass is 9.70. The minimum absolute atomic E-state index is 0.0143. The molecule has 3 aromatic heterocycles. The van der Waals surface area contributed by atoms with Crippen LogP contribution in [0.3, 0.4) is 0 Å². The number of aliphatic hydroxyl groups excluding tert-OH is 1. The summed E-state index contributed by atoms with van der Waals surface area (Å²) >= 11 is 8.09. The number of halogens is 1. The van der Waals surface area contributed by atoms with Gasteiger partial charge in [0.05, 0.1) is 67.5 Å². The molecule has 7 N–H and O–H groups in total. The van der Waals surface area contributed by atoms with Gasteiger partial charge in [-0.2, -0.15) is 4.98 Å². The Kier molecular flexibility index (Phi) is 25.2. The molecule has 3 saturated heterocycles. The number of aromatic nitrogens is 3. The number of rotatable bonds is 25. The molecule has 4 aromatic carbocycles. The first kappa shape index (κ1) is 83.3. The number of aromatic amines is 1. The van der Waals surface area contributed by atoms with Gasteiger partial charge in [-0.15, -0.1) is 11.3 Å². The fourth-order valence-electron chi connectivity index (χ4n) is 17.8. The van der Waals surface area contributed by atoms with Gasteiger partial charge in [-0.3, -0.25) is 43.9 Å². The van der Waals surface area contributed by atoms with E-state index < -0.39 is 66.5 Å². The van der Waals surface area contributed by atoms with Gasteiger partial charge in [0.1, 0.15) is 30.0 Å². The van der Waals surface area contributed by atoms with E-state index in [-0.39, 0.29) is 84.1 Å². The largest absolute Gasteiger partial charge is 0.489 e. The Morgan fingerprint density at radius 2 is 1.55 bits per heavy atom. The van der Waals surface area contributed by atoms with E-state index in [9.17, 15) is 52.7 Å². The number of hydrogen-bond donors (Lipinski definition) is 7. The van der Waals surface area contributed by atoms with E-state index in [2.05, 4.69) is 64.4 Å². The molecule has 116 heavy (non-hydrogen) atoms. The van der Waals surface area contributed by atoms with Crippen molar-refractivity contribution in [2.24, 2.45) is 16.7 Å². The van der Waals surface area contributed by atoms with Gasteiger partial charge >= 0.3 is 0 Å². The second kappa shape index (κ2) is 35.1. The van der Waals surface area contributed by atoms with Crippen LogP contribution in [-0.4, -0.2) is 209 Å². The first-order chi connectivity index (χ1) is 55.4. The molecule has 0 bridgehead atoms. The molecule has 0 radical (unpaired) electrons. The molecule has 30 heteroatoms. The van der Waals surface area contributed by atoms with E-state index in [1.54, 1.807) is 30.5 Å². The number of nitrogens with one attached hydrogen (secondary N) is 5. The summed E-state index contributed by atoms with van der Waals surface area (Å²) in [4.78, 5) is 108. The molecule has 5 aliphatic heterocycles. The summed E-state index contributed by atoms with van der Waals surface area (Å²) < 4.78 is 43.5. The third-order valence-electron chi connectivity index (χ3n) is 24.6. The predicted octanol–water partition coefficient (Wildman–Crippen LogP) is 12.3. The number of carbonyl (C=O) groups is 5. The molecule has 4 fully saturated rings. The number of nitro benzene ring substituents is 1. The number of benzene rings is 4. The average molecular weight is 1650 g/mol. The monoisotopic (exact) mass is 1640 g/mol. The summed E-state index contributed by atoms with van der Waals surface area (Å²) in [5.74, 6) is -1.42. The summed E-state index contributed by atoms with van der Waals surface area (Å²) in [5, 5.41) is 44.9. The number of carbonyl (C=O) groups excluding carboxylic acids is 5. The van der Waals surface area contributed by atoms with Crippen molar-refractivity contribution in [1.29, 1.82) is 0 Å². The van der Waals surface area contributed by atoms with Crippen molar-refractivity contribution in [2.75, 3.05) is 107 Å². The molecule has 14 rings (SSSR count). The predicted molar refractivity (Wildman–Crippen MR) is 449 cm³/mol. The number of sulfonamides is 1. The quantitative estimate of drug-likeness (QED) is 0.0159. The molecule has 1 saturated carbocycles. The van der Waals surface area contributed by atoms with Gasteiger partial charge in [-0.25, -0.2) is 18.1 Å². The molecule has 2 aliphatic carbocycles. The molecular weight excluding hydrogens is 1540 g/mol. The zero-order valence-corrected chi connectivity index (χ0v) is 69.8. The number of unbranched alkanes of at least 4 members (excludes halogenated alkanes) is 3. The van der Waals surface area contributed by atoms with Gasteiger partial charge in [-0.05, 0) is 166 Å². The number of piperazine rings is 2. The number of likely N-dealkylation sites (tertiary alicyclic amines) is 1. The summed E-state index contributed by atoms with van der Waals surface area (Å²) in [6.45, 7) is 21.9. The Morgan fingerprint density at radius 3 is 2.26 bits per heavy atom. The van der Waals surface area contributed by atoms with Crippen LogP contribution in [0.25, 0.3) is 27.0 Å². The number of hydrogen-bond acceptors (Lipinski definition) is 21. The minimum atomic E-state index is -4.75. The average Bonchev–Trinajstić information content (AvgIpc) is 1.19. The van der Waals surface area contributed by atoms with E-state index in [0.29, 0.717) is 119 Å². The van der Waals surface area contributed by atoms with E-state index >= 15 is 0 Å². The Labute approximate surface area is 687 Å². The van der Waals surface area contributed by atoms with Crippen LogP contribution >= 0.6 is 22.9 Å². The van der Waals surface area contributed by atoms with Gasteiger partial charge in [0.25, 0.3) is 21.6 Å². The van der Waals surface area contributed by atoms with Crippen molar-refractivity contribution in [3.05, 3.63) is 146 Å². The molecule has 6 atom stereocenters. The Bertz CT molecular complexity index is 4930. The van der Waals surface area contributed by atoms with Crippen molar-refractivity contribution in [3.63, 3.8) is 0 Å². The third-order valence-corrected chi connectivity index (χ3v) is 27.1. The fraction of sp³-hybridized carbons (Fsp3) is 0.523. The van der Waals surface area contributed by atoms with Crippen LogP contribution in [0.1, 0.15) is 171 Å². The highest BCUT2D eigenvalue weighted by Crippen LogP contribution is 2.48. The summed E-state index contributed by atoms with van der Waals surface area (Å²) in [6, 6.07) is 25.0. The maximum absolute atomic E-state index is 14.8. The number of pyridine rings is 1. The van der Waals surface area contributed by atoms with Crippen molar-refractivity contribution in [1.82, 2.24) is 49.9 Å². The van der Waals surface area contributed by atoms with E-state index in [1.165, 1.54) is 22.1 Å². The Balaban J connectivity index is 0.562. The summed E-state index contributed by atoms with van der Waals surface area (Å²) in [5.41, 5.74) is 9.19. The topological polar surface area (TPSA) is 331 Å². The maximum Gasteiger partial charge on any atom is 0.297 e. The number of aliphatic hydroxyl groups is 2. The van der Waals surface area contributed by atoms with Crippen LogP contribution in [0.4, 0.5) is 28.4 Å². The van der Waals surface area contributed by atoms with Crippen LogP contribution in [0.2, 0.25) is 5.02 Å². The second-order valence-corrected chi connectivity index (χ2v) is 37.5. The number of fused-ring (bicyclic) bond motifs is 3. The number of H-pyrrole nitrogens is 1. The molecule has 7 aliphatic rings. The number of β-amino-alcohol motifs (C(OH)–C–C–N with tert-alkyl or cyclic N) is 1. The van der Waals surface area contributed by atoms with Crippen LogP contribution in [0.15, 0.2) is 113 Å². The van der Waals surface area contributed by atoms with Crippen molar-refractivity contribution in [3.8, 4) is 22.1 Å². The van der Waals surface area contributed by atoms with Gasteiger partial charge in [0.15, 0.2) is 11.4 Å². The lowest BCUT2D eigenvalue weighted by Crippen LogP contribution is -2.57. The van der Waals surface area contributed by atoms with Gasteiger partial charge < -0.3 is 60.2 Å². The lowest BCUT2D eigenvalue weighted by Gasteiger charge is -2.44. The number of allylic oxidation sites excluding steroid dienone is 1. The summed E-state index contributed by atoms with van der Waals surface area (Å²) in [7, 11) is -4.75. The zero-order chi connectivity index (χ0) is 82.0. The molecule has 7 aromatic rings. The highest BCUT2D eigenvalue weighted by molar-refractivity contribution is 7.90. The SMILES string of the molecule is Cc1ncsc1-c1ccc([C@H](C)NC(=O)[C@@H]2C[C@@H](O)CN2C(=O)[C@@H](NC(=O)CCCCCCC(=O)N2CCN(C[C@]3(C)CCC(CN4CCN(c5ccc(C(=O)NS(=O)(=O)c6cc7c(c([N+](=O)[O-])c6)N[C@H](C6CCC(C)(O)CC6)CO7)c(N6CCCOc7nc8[nH]ccc8cc76)c5)CC4)=C(c4ccc(Cl)cc4)C3)CC2)C(C)(C)C)cc1. The molecule has 620 valence electrons. The molecule has 8 heterocycles. The number of nitro groups is 1. The zero-order valence-electron chi connectivity index (χ0n) is 67.4. The number of thiazole rings is 1. The molecule has 0 unspecified atom stereocenters. The van der Waals surface area contributed by atoms with Crippen molar-refractivity contribution in [2.45, 2.75) is 186 Å². The van der Waals surface area contributed by atoms with E-state index in [4.69, 9.17) is 26.1 Å². The normalized spacial score (nSPS) is 22.8. The van der Waals surface area contributed by atoms with E-state index in [0.717, 1.165) is 116 Å². The van der Waals surface area contributed by atoms with Gasteiger partial charge in [0, 0.05) is 132 Å². The number of anilines is 4. The maximum atomic E-state index is 14.8. The number of ether oxygens (including phenoxy) is 2. The van der Waals surface area contributed by atoms with Gasteiger partial charge in [0.2, 0.25) is 29.5 Å². The highest BCUT2D eigenvalue weighted by Gasteiger charge is 2.46. The Hall–Kier alpha value is -9.23. The van der Waals surface area contributed by atoms with E-state index in [1.807, 2.05) is 111 Å². The van der Waals surface area contributed by atoms with Crippen LogP contribution in [0, 0.1) is 33.8 Å². The van der Waals surface area contributed by atoms with Crippen LogP contribution in [-0.2, 0) is 29.2 Å². The smallest absolute Gasteiger partial charge is 0.297 e. The van der Waals surface area contributed by atoms with Gasteiger partial charge in [-0.1, -0.05) is 94.1 Å². The number of amides is 5. The number of aryl methyl sites for hydroxylation is 1. The standard InChI is InChI=1S/C86H109ClN14O13S2/c1-54(56-15-17-59(18-16-56)77-55(2)89-53-115-77)90-81(106)71-45-64(102)50-100(71)83(107)78(84(3,4)5)92-74(103)13-10-8-9-11-14-75(104)98-40-36-96(37-41-98)52-85(6)29-25-61(67(48-85)57-19-21-62(87)22-20-57)49-95-34-38-97(39-35-95)63-23-24-66(69(44-63)99-33-12-42-113-82-72(99)43-60-28-32-88-79(60)93-82)80(105)94-116(111,112)65-46-70(101(109)110)76-73(47-65)114-51-68(91-76)58-26-30-86(7,108)31-27-58/h15-24,28,32,43-44,46-47,53-54,58,64,68,71,78,91,102,108H,8-14,25-27,29-31,33-42,45,48-52H2,1-7H3,(H,88,93)(H,90,106)(H,92,103)(H,94,105)/t54-,58?,64+,68-,71-,78+,85+,86?/m0/s1. The molecule has 27 nitrogen and oxygen atoms in total.